The molecule has 0 spiro atoms. The Balaban J connectivity index is 1.76. The molecular formula is C26H24BrN3O5. The minimum Gasteiger partial charge on any atom is -0.493 e. The number of ether oxygens (including phenoxy) is 2. The number of hydrogen-bond acceptors (Lipinski definition) is 6. The van der Waals surface area contributed by atoms with Crippen LogP contribution in [0.25, 0.3) is 0 Å². The molecule has 0 aromatic heterocycles. The van der Waals surface area contributed by atoms with E-state index in [0.29, 0.717) is 22.7 Å². The van der Waals surface area contributed by atoms with Crippen molar-refractivity contribution in [3.8, 4) is 11.5 Å². The standard InChI is InChI=1S/C26H24BrN3O5/c1-34-21-13-8-17(14-22(21)35-2)15-26(16-28-19-11-9-18(27)10-12-19)23(31)29-25(33)30(24(26)32)20-6-4-3-5-7-20/h3-14,28H,15-16H2,1-2H3,(H,29,31,33). The largest absolute Gasteiger partial charge is 0.493 e. The maximum absolute atomic E-state index is 14.0. The molecule has 1 aliphatic heterocycles. The zero-order valence-corrected chi connectivity index (χ0v) is 20.8. The lowest BCUT2D eigenvalue weighted by molar-refractivity contribution is -0.141. The molecule has 0 aliphatic carbocycles. The maximum atomic E-state index is 14.0. The van der Waals surface area contributed by atoms with Crippen molar-refractivity contribution in [1.82, 2.24) is 5.32 Å². The van der Waals surface area contributed by atoms with E-state index in [4.69, 9.17) is 9.47 Å². The summed E-state index contributed by atoms with van der Waals surface area (Å²) in [5.74, 6) is -0.282. The molecule has 8 nitrogen and oxygen atoms in total. The molecule has 1 unspecified atom stereocenters. The highest BCUT2D eigenvalue weighted by atomic mass is 79.9. The Hall–Kier alpha value is -3.85. The average molecular weight is 538 g/mol. The Morgan fingerprint density at radius 1 is 0.914 bits per heavy atom. The van der Waals surface area contributed by atoms with Crippen molar-refractivity contribution >= 4 is 45.2 Å². The highest BCUT2D eigenvalue weighted by Gasteiger charge is 2.54. The summed E-state index contributed by atoms with van der Waals surface area (Å²) in [6, 6.07) is 20.3. The zero-order valence-electron chi connectivity index (χ0n) is 19.2. The highest BCUT2D eigenvalue weighted by Crippen LogP contribution is 2.36. The van der Waals surface area contributed by atoms with Gasteiger partial charge in [0.1, 0.15) is 5.41 Å². The van der Waals surface area contributed by atoms with Gasteiger partial charge in [0, 0.05) is 16.7 Å². The summed E-state index contributed by atoms with van der Waals surface area (Å²) >= 11 is 3.40. The third-order valence-electron chi connectivity index (χ3n) is 5.88. The first kappa shape index (κ1) is 24.3. The molecule has 4 amide bonds. The Morgan fingerprint density at radius 3 is 2.26 bits per heavy atom. The van der Waals surface area contributed by atoms with E-state index in [-0.39, 0.29) is 13.0 Å². The number of methoxy groups -OCH3 is 2. The van der Waals surface area contributed by atoms with E-state index in [1.807, 2.05) is 24.3 Å². The van der Waals surface area contributed by atoms with Crippen LogP contribution in [0.4, 0.5) is 16.2 Å². The number of halogens is 1. The second kappa shape index (κ2) is 10.2. The number of carbonyl (C=O) groups excluding carboxylic acids is 3. The number of hydrogen-bond donors (Lipinski definition) is 2. The topological polar surface area (TPSA) is 97.0 Å². The van der Waals surface area contributed by atoms with E-state index in [9.17, 15) is 14.4 Å². The van der Waals surface area contributed by atoms with Gasteiger partial charge in [0.05, 0.1) is 19.9 Å². The summed E-state index contributed by atoms with van der Waals surface area (Å²) in [5.41, 5.74) is 0.161. The molecule has 1 fully saturated rings. The predicted molar refractivity (Wildman–Crippen MR) is 136 cm³/mol. The number of nitrogens with one attached hydrogen (secondary N) is 2. The number of barbiturate groups is 1. The van der Waals surface area contributed by atoms with E-state index in [2.05, 4.69) is 26.6 Å². The summed E-state index contributed by atoms with van der Waals surface area (Å²) in [6.45, 7) is -0.0374. The Labute approximate surface area is 211 Å². The molecule has 0 bridgehead atoms. The smallest absolute Gasteiger partial charge is 0.335 e. The van der Waals surface area contributed by atoms with Crippen LogP contribution in [0.1, 0.15) is 5.56 Å². The summed E-state index contributed by atoms with van der Waals surface area (Å²) in [6.07, 6.45) is 0.0260. The minimum atomic E-state index is -1.61. The fourth-order valence-corrected chi connectivity index (χ4v) is 4.29. The average Bonchev–Trinajstić information content (AvgIpc) is 2.87. The van der Waals surface area contributed by atoms with Gasteiger partial charge in [0.2, 0.25) is 5.91 Å². The first-order valence-electron chi connectivity index (χ1n) is 10.8. The van der Waals surface area contributed by atoms with Crippen molar-refractivity contribution in [3.05, 3.63) is 82.8 Å². The molecule has 9 heteroatoms. The lowest BCUT2D eigenvalue weighted by Gasteiger charge is -2.39. The van der Waals surface area contributed by atoms with Crippen LogP contribution in [0.15, 0.2) is 77.3 Å². The molecule has 180 valence electrons. The van der Waals surface area contributed by atoms with E-state index in [1.54, 1.807) is 48.5 Å². The SMILES string of the molecule is COc1ccc(CC2(CNc3ccc(Br)cc3)C(=O)NC(=O)N(c3ccccc3)C2=O)cc1OC. The third kappa shape index (κ3) is 4.85. The molecule has 1 atom stereocenters. The lowest BCUT2D eigenvalue weighted by Crippen LogP contribution is -2.67. The van der Waals surface area contributed by atoms with Gasteiger partial charge in [-0.15, -0.1) is 0 Å². The van der Waals surface area contributed by atoms with Crippen LogP contribution in [-0.4, -0.2) is 38.6 Å². The van der Waals surface area contributed by atoms with Crippen LogP contribution < -0.4 is 25.0 Å². The van der Waals surface area contributed by atoms with Crippen LogP contribution in [-0.2, 0) is 16.0 Å². The quantitative estimate of drug-likeness (QED) is 0.413. The van der Waals surface area contributed by atoms with Gasteiger partial charge in [-0.3, -0.25) is 14.9 Å². The van der Waals surface area contributed by atoms with Gasteiger partial charge in [-0.2, -0.15) is 0 Å². The normalized spacial score (nSPS) is 17.7. The van der Waals surface area contributed by atoms with Crippen LogP contribution in [0.3, 0.4) is 0 Å². The summed E-state index contributed by atoms with van der Waals surface area (Å²) in [7, 11) is 3.05. The molecule has 4 rings (SSSR count). The number of para-hydroxylation sites is 1. The van der Waals surface area contributed by atoms with Crippen LogP contribution in [0.2, 0.25) is 0 Å². The zero-order chi connectivity index (χ0) is 25.0. The summed E-state index contributed by atoms with van der Waals surface area (Å²) in [4.78, 5) is 41.1. The van der Waals surface area contributed by atoms with E-state index >= 15 is 0 Å². The number of nitrogens with zero attached hydrogens (tertiary/aromatic N) is 1. The number of urea groups is 1. The maximum Gasteiger partial charge on any atom is 0.335 e. The van der Waals surface area contributed by atoms with E-state index in [0.717, 1.165) is 15.1 Å². The number of amides is 4. The fourth-order valence-electron chi connectivity index (χ4n) is 4.02. The van der Waals surface area contributed by atoms with Gasteiger partial charge in [-0.05, 0) is 60.5 Å². The van der Waals surface area contributed by atoms with Crippen molar-refractivity contribution in [2.75, 3.05) is 31.0 Å². The molecule has 3 aromatic carbocycles. The molecule has 0 radical (unpaired) electrons. The van der Waals surface area contributed by atoms with Crippen LogP contribution >= 0.6 is 15.9 Å². The highest BCUT2D eigenvalue weighted by molar-refractivity contribution is 9.10. The molecule has 2 N–H and O–H groups in total. The van der Waals surface area contributed by atoms with Gasteiger partial charge in [-0.1, -0.05) is 40.2 Å². The van der Waals surface area contributed by atoms with Crippen molar-refractivity contribution < 1.29 is 23.9 Å². The van der Waals surface area contributed by atoms with Crippen molar-refractivity contribution in [3.63, 3.8) is 0 Å². The predicted octanol–water partition coefficient (Wildman–Crippen LogP) is 4.39. The summed E-state index contributed by atoms with van der Waals surface area (Å²) < 4.78 is 11.6. The fraction of sp³-hybridized carbons (Fsp3) is 0.192. The second-order valence-corrected chi connectivity index (χ2v) is 8.96. The Bertz CT molecular complexity index is 1250. The van der Waals surface area contributed by atoms with Gasteiger partial charge >= 0.3 is 6.03 Å². The molecule has 3 aromatic rings. The molecule has 0 saturated carbocycles. The molecule has 35 heavy (non-hydrogen) atoms. The molecular weight excluding hydrogens is 514 g/mol. The molecule has 1 saturated heterocycles. The number of carbonyl (C=O) groups is 3. The van der Waals surface area contributed by atoms with Gasteiger partial charge in [-0.25, -0.2) is 9.69 Å². The lowest BCUT2D eigenvalue weighted by atomic mass is 9.77. The van der Waals surface area contributed by atoms with Crippen molar-refractivity contribution in [1.29, 1.82) is 0 Å². The van der Waals surface area contributed by atoms with Crippen molar-refractivity contribution in [2.24, 2.45) is 5.41 Å². The van der Waals surface area contributed by atoms with Gasteiger partial charge < -0.3 is 14.8 Å². The van der Waals surface area contributed by atoms with Gasteiger partial charge in [0.25, 0.3) is 5.91 Å². The monoisotopic (exact) mass is 537 g/mol. The minimum absolute atomic E-state index is 0.0260. The second-order valence-electron chi connectivity index (χ2n) is 8.04. The third-order valence-corrected chi connectivity index (χ3v) is 6.41. The Kier molecular flexibility index (Phi) is 7.07. The number of rotatable bonds is 8. The van der Waals surface area contributed by atoms with Crippen LogP contribution in [0.5, 0.6) is 11.5 Å². The van der Waals surface area contributed by atoms with Gasteiger partial charge in [0.15, 0.2) is 11.5 Å². The van der Waals surface area contributed by atoms with E-state index in [1.165, 1.54) is 14.2 Å². The van der Waals surface area contributed by atoms with E-state index < -0.39 is 23.3 Å². The first-order valence-corrected chi connectivity index (χ1v) is 11.6. The number of benzene rings is 3. The Morgan fingerprint density at radius 2 is 1.60 bits per heavy atom. The van der Waals surface area contributed by atoms with Crippen molar-refractivity contribution in [2.45, 2.75) is 6.42 Å². The first-order chi connectivity index (χ1) is 16.9. The summed E-state index contributed by atoms with van der Waals surface area (Å²) in [5, 5.41) is 5.59. The molecule has 1 aliphatic rings. The number of imide groups is 2. The molecule has 1 heterocycles. The number of anilines is 2. The van der Waals surface area contributed by atoms with Crippen LogP contribution in [0, 0.1) is 5.41 Å².